The Balaban J connectivity index is 2.27. The van der Waals surface area contributed by atoms with E-state index in [1.54, 1.807) is 0 Å². The SMILES string of the molecule is Cc1cc(Br)ccc1C1CNCCN1C. The number of hydrogen-bond donors (Lipinski definition) is 1. The Hall–Kier alpha value is -0.380. The summed E-state index contributed by atoms with van der Waals surface area (Å²) >= 11 is 3.51. The standard InChI is InChI=1S/C12H17BrN2/c1-9-7-10(13)3-4-11(9)12-8-14-5-6-15(12)2/h3-4,7,12,14H,5-6,8H2,1-2H3. The maximum absolute atomic E-state index is 3.51. The van der Waals surface area contributed by atoms with Crippen LogP contribution < -0.4 is 5.32 Å². The second kappa shape index (κ2) is 4.64. The van der Waals surface area contributed by atoms with Gasteiger partial charge in [0.15, 0.2) is 0 Å². The summed E-state index contributed by atoms with van der Waals surface area (Å²) in [5.74, 6) is 0. The predicted molar refractivity (Wildman–Crippen MR) is 67.1 cm³/mol. The lowest BCUT2D eigenvalue weighted by Gasteiger charge is -2.34. The van der Waals surface area contributed by atoms with Crippen LogP contribution in [0.3, 0.4) is 0 Å². The molecule has 0 aromatic heterocycles. The van der Waals surface area contributed by atoms with Gasteiger partial charge in [-0.2, -0.15) is 0 Å². The van der Waals surface area contributed by atoms with E-state index >= 15 is 0 Å². The quantitative estimate of drug-likeness (QED) is 0.841. The first-order valence-corrected chi connectivity index (χ1v) is 6.15. The number of hydrogen-bond acceptors (Lipinski definition) is 2. The summed E-state index contributed by atoms with van der Waals surface area (Å²) in [6.07, 6.45) is 0. The third-order valence-corrected chi connectivity index (χ3v) is 3.60. The molecule has 1 atom stereocenters. The van der Waals surface area contributed by atoms with E-state index in [0.29, 0.717) is 6.04 Å². The number of nitrogens with zero attached hydrogens (tertiary/aromatic N) is 1. The average Bonchev–Trinajstić information content (AvgIpc) is 2.20. The van der Waals surface area contributed by atoms with Crippen LogP contribution in [0.1, 0.15) is 17.2 Å². The maximum atomic E-state index is 3.51. The van der Waals surface area contributed by atoms with Crippen LogP contribution in [0.25, 0.3) is 0 Å². The summed E-state index contributed by atoms with van der Waals surface area (Å²) in [5, 5.41) is 3.45. The van der Waals surface area contributed by atoms with Gasteiger partial charge in [-0.25, -0.2) is 0 Å². The molecule has 3 heteroatoms. The van der Waals surface area contributed by atoms with E-state index in [1.165, 1.54) is 11.1 Å². The van der Waals surface area contributed by atoms with Gasteiger partial charge in [0, 0.05) is 30.1 Å². The highest BCUT2D eigenvalue weighted by molar-refractivity contribution is 9.10. The molecule has 1 aromatic carbocycles. The summed E-state index contributed by atoms with van der Waals surface area (Å²) < 4.78 is 1.16. The summed E-state index contributed by atoms with van der Waals surface area (Å²) in [5.41, 5.74) is 2.80. The molecule has 0 aliphatic carbocycles. The summed E-state index contributed by atoms with van der Waals surface area (Å²) in [4.78, 5) is 2.42. The average molecular weight is 269 g/mol. The fraction of sp³-hybridized carbons (Fsp3) is 0.500. The molecule has 0 bridgehead atoms. The zero-order valence-corrected chi connectivity index (χ0v) is 10.8. The van der Waals surface area contributed by atoms with E-state index in [1.807, 2.05) is 0 Å². The fourth-order valence-corrected chi connectivity index (χ4v) is 2.64. The van der Waals surface area contributed by atoms with Crippen molar-refractivity contribution >= 4 is 15.9 Å². The summed E-state index contributed by atoms with van der Waals surface area (Å²) in [6.45, 7) is 5.46. The number of benzene rings is 1. The van der Waals surface area contributed by atoms with Crippen LogP contribution >= 0.6 is 15.9 Å². The van der Waals surface area contributed by atoms with Gasteiger partial charge in [-0.15, -0.1) is 0 Å². The van der Waals surface area contributed by atoms with Gasteiger partial charge in [-0.1, -0.05) is 22.0 Å². The minimum Gasteiger partial charge on any atom is -0.314 e. The van der Waals surface area contributed by atoms with Gasteiger partial charge in [0.1, 0.15) is 0 Å². The van der Waals surface area contributed by atoms with Crippen molar-refractivity contribution in [2.75, 3.05) is 26.7 Å². The molecule has 1 aromatic rings. The molecule has 1 unspecified atom stereocenters. The van der Waals surface area contributed by atoms with E-state index in [2.05, 4.69) is 58.3 Å². The Kier molecular flexibility index (Phi) is 3.44. The largest absolute Gasteiger partial charge is 0.314 e. The molecule has 0 saturated carbocycles. The molecule has 82 valence electrons. The van der Waals surface area contributed by atoms with Crippen molar-refractivity contribution in [1.29, 1.82) is 0 Å². The molecule has 1 aliphatic heterocycles. The second-order valence-electron chi connectivity index (χ2n) is 4.20. The lowest BCUT2D eigenvalue weighted by molar-refractivity contribution is 0.201. The minimum atomic E-state index is 0.520. The topological polar surface area (TPSA) is 15.3 Å². The van der Waals surface area contributed by atoms with Gasteiger partial charge in [0.05, 0.1) is 0 Å². The third kappa shape index (κ3) is 2.41. The Morgan fingerprint density at radius 2 is 2.27 bits per heavy atom. The van der Waals surface area contributed by atoms with Crippen molar-refractivity contribution in [3.05, 3.63) is 33.8 Å². The molecule has 2 rings (SSSR count). The normalized spacial score (nSPS) is 23.0. The summed E-state index contributed by atoms with van der Waals surface area (Å²) in [6, 6.07) is 7.07. The van der Waals surface area contributed by atoms with Gasteiger partial charge < -0.3 is 5.32 Å². The first-order valence-electron chi connectivity index (χ1n) is 5.35. The molecule has 0 amide bonds. The predicted octanol–water partition coefficient (Wildman–Crippen LogP) is 2.33. The first kappa shape index (κ1) is 11.1. The van der Waals surface area contributed by atoms with Crippen LogP contribution in [0.2, 0.25) is 0 Å². The van der Waals surface area contributed by atoms with Crippen molar-refractivity contribution in [1.82, 2.24) is 10.2 Å². The lowest BCUT2D eigenvalue weighted by atomic mass is 9.99. The number of aryl methyl sites for hydroxylation is 1. The highest BCUT2D eigenvalue weighted by Gasteiger charge is 2.21. The van der Waals surface area contributed by atoms with Crippen molar-refractivity contribution in [3.63, 3.8) is 0 Å². The number of piperazine rings is 1. The lowest BCUT2D eigenvalue weighted by Crippen LogP contribution is -2.44. The Bertz CT molecular complexity index is 351. The van der Waals surface area contributed by atoms with Gasteiger partial charge in [-0.3, -0.25) is 4.90 Å². The molecule has 2 nitrogen and oxygen atoms in total. The molecule has 0 spiro atoms. The molecule has 1 saturated heterocycles. The molecule has 1 fully saturated rings. The van der Waals surface area contributed by atoms with Gasteiger partial charge >= 0.3 is 0 Å². The smallest absolute Gasteiger partial charge is 0.0472 e. The molecular weight excluding hydrogens is 252 g/mol. The highest BCUT2D eigenvalue weighted by Crippen LogP contribution is 2.26. The molecule has 1 N–H and O–H groups in total. The van der Waals surface area contributed by atoms with Crippen LogP contribution in [0.4, 0.5) is 0 Å². The van der Waals surface area contributed by atoms with Crippen LogP contribution in [-0.2, 0) is 0 Å². The number of nitrogens with one attached hydrogen (secondary N) is 1. The second-order valence-corrected chi connectivity index (χ2v) is 5.12. The van der Waals surface area contributed by atoms with E-state index in [0.717, 1.165) is 24.1 Å². The molecule has 0 radical (unpaired) electrons. The van der Waals surface area contributed by atoms with Gasteiger partial charge in [0.2, 0.25) is 0 Å². The molecular formula is C12H17BrN2. The molecule has 1 heterocycles. The zero-order valence-electron chi connectivity index (χ0n) is 9.26. The third-order valence-electron chi connectivity index (χ3n) is 3.10. The van der Waals surface area contributed by atoms with Gasteiger partial charge in [-0.05, 0) is 37.2 Å². The van der Waals surface area contributed by atoms with Crippen molar-refractivity contribution in [2.45, 2.75) is 13.0 Å². The minimum absolute atomic E-state index is 0.520. The van der Waals surface area contributed by atoms with Crippen molar-refractivity contribution < 1.29 is 0 Å². The number of likely N-dealkylation sites (N-methyl/N-ethyl adjacent to an activating group) is 1. The zero-order chi connectivity index (χ0) is 10.8. The maximum Gasteiger partial charge on any atom is 0.0472 e. The van der Waals surface area contributed by atoms with E-state index in [9.17, 15) is 0 Å². The summed E-state index contributed by atoms with van der Waals surface area (Å²) in [7, 11) is 2.20. The van der Waals surface area contributed by atoms with E-state index < -0.39 is 0 Å². The Labute approximate surface area is 99.8 Å². The van der Waals surface area contributed by atoms with Crippen LogP contribution in [0, 0.1) is 6.92 Å². The monoisotopic (exact) mass is 268 g/mol. The Morgan fingerprint density at radius 1 is 1.47 bits per heavy atom. The van der Waals surface area contributed by atoms with Crippen LogP contribution in [0.15, 0.2) is 22.7 Å². The van der Waals surface area contributed by atoms with Crippen LogP contribution in [0.5, 0.6) is 0 Å². The van der Waals surface area contributed by atoms with E-state index in [-0.39, 0.29) is 0 Å². The van der Waals surface area contributed by atoms with Crippen molar-refractivity contribution in [3.8, 4) is 0 Å². The van der Waals surface area contributed by atoms with E-state index in [4.69, 9.17) is 0 Å². The van der Waals surface area contributed by atoms with Crippen molar-refractivity contribution in [2.24, 2.45) is 0 Å². The molecule has 15 heavy (non-hydrogen) atoms. The molecule has 1 aliphatic rings. The fourth-order valence-electron chi connectivity index (χ4n) is 2.17. The Morgan fingerprint density at radius 3 is 2.93 bits per heavy atom. The number of halogens is 1. The van der Waals surface area contributed by atoms with Crippen LogP contribution in [-0.4, -0.2) is 31.6 Å². The first-order chi connectivity index (χ1) is 7.18. The number of rotatable bonds is 1. The highest BCUT2D eigenvalue weighted by atomic mass is 79.9. The van der Waals surface area contributed by atoms with Gasteiger partial charge in [0.25, 0.3) is 0 Å².